The summed E-state index contributed by atoms with van der Waals surface area (Å²) < 4.78 is 5.47. The molecule has 0 aliphatic heterocycles. The number of aryl methyl sites for hydroxylation is 1. The third-order valence-corrected chi connectivity index (χ3v) is 3.20. The molecule has 1 atom stereocenters. The Morgan fingerprint density at radius 1 is 1.17 bits per heavy atom. The van der Waals surface area contributed by atoms with Gasteiger partial charge in [-0.05, 0) is 51.3 Å². The van der Waals surface area contributed by atoms with Crippen molar-refractivity contribution in [3.05, 3.63) is 35.4 Å². The number of ether oxygens (including phenoxy) is 1. The minimum atomic E-state index is 0.666. The first kappa shape index (κ1) is 15.2. The predicted octanol–water partition coefficient (Wildman–Crippen LogP) is 3.19. The Bertz CT molecular complexity index is 307. The fourth-order valence-electron chi connectivity index (χ4n) is 2.08. The summed E-state index contributed by atoms with van der Waals surface area (Å²) in [4.78, 5) is 0. The van der Waals surface area contributed by atoms with Crippen LogP contribution in [0.3, 0.4) is 0 Å². The first-order valence-corrected chi connectivity index (χ1v) is 7.10. The summed E-state index contributed by atoms with van der Waals surface area (Å²) in [6.45, 7) is 10.2. The zero-order valence-electron chi connectivity index (χ0n) is 12.0. The third kappa shape index (κ3) is 6.18. The van der Waals surface area contributed by atoms with Gasteiger partial charge in [0.25, 0.3) is 0 Å². The molecule has 0 radical (unpaired) electrons. The van der Waals surface area contributed by atoms with Crippen LogP contribution in [0, 0.1) is 12.8 Å². The van der Waals surface area contributed by atoms with Gasteiger partial charge in [-0.1, -0.05) is 36.8 Å². The van der Waals surface area contributed by atoms with Gasteiger partial charge in [0.2, 0.25) is 0 Å². The standard InChI is InChI=1S/C16H27NO/c1-4-17-13-16(10-11-18-5-2)12-15-8-6-14(3)7-9-15/h6-9,16-17H,4-5,10-13H2,1-3H3. The monoisotopic (exact) mass is 249 g/mol. The lowest BCUT2D eigenvalue weighted by molar-refractivity contribution is 0.131. The Morgan fingerprint density at radius 2 is 1.89 bits per heavy atom. The summed E-state index contributed by atoms with van der Waals surface area (Å²) in [5, 5.41) is 3.45. The van der Waals surface area contributed by atoms with Crippen LogP contribution in [0.2, 0.25) is 0 Å². The van der Waals surface area contributed by atoms with E-state index >= 15 is 0 Å². The summed E-state index contributed by atoms with van der Waals surface area (Å²) >= 11 is 0. The van der Waals surface area contributed by atoms with Gasteiger partial charge in [0.05, 0.1) is 0 Å². The van der Waals surface area contributed by atoms with Crippen molar-refractivity contribution < 1.29 is 4.74 Å². The molecule has 1 unspecified atom stereocenters. The maximum absolute atomic E-state index is 5.47. The molecule has 0 amide bonds. The van der Waals surface area contributed by atoms with Crippen molar-refractivity contribution in [2.75, 3.05) is 26.3 Å². The van der Waals surface area contributed by atoms with E-state index in [4.69, 9.17) is 4.74 Å². The Morgan fingerprint density at radius 3 is 2.50 bits per heavy atom. The summed E-state index contributed by atoms with van der Waals surface area (Å²) in [7, 11) is 0. The van der Waals surface area contributed by atoms with Crippen LogP contribution in [-0.2, 0) is 11.2 Å². The van der Waals surface area contributed by atoms with E-state index in [2.05, 4.69) is 50.4 Å². The van der Waals surface area contributed by atoms with E-state index < -0.39 is 0 Å². The normalized spacial score (nSPS) is 12.6. The Hall–Kier alpha value is -0.860. The third-order valence-electron chi connectivity index (χ3n) is 3.20. The molecule has 0 saturated heterocycles. The van der Waals surface area contributed by atoms with Crippen LogP contribution in [-0.4, -0.2) is 26.3 Å². The first-order valence-electron chi connectivity index (χ1n) is 7.10. The van der Waals surface area contributed by atoms with Crippen molar-refractivity contribution in [3.8, 4) is 0 Å². The number of benzene rings is 1. The average Bonchev–Trinajstić information content (AvgIpc) is 2.38. The Labute approximate surface area is 112 Å². The molecule has 1 N–H and O–H groups in total. The average molecular weight is 249 g/mol. The highest BCUT2D eigenvalue weighted by molar-refractivity contribution is 5.21. The lowest BCUT2D eigenvalue weighted by Gasteiger charge is -2.17. The molecule has 0 bridgehead atoms. The largest absolute Gasteiger partial charge is 0.382 e. The van der Waals surface area contributed by atoms with E-state index in [1.54, 1.807) is 0 Å². The second kappa shape index (κ2) is 9.12. The van der Waals surface area contributed by atoms with E-state index in [9.17, 15) is 0 Å². The van der Waals surface area contributed by atoms with Gasteiger partial charge in [-0.3, -0.25) is 0 Å². The highest BCUT2D eigenvalue weighted by Gasteiger charge is 2.09. The zero-order valence-corrected chi connectivity index (χ0v) is 12.0. The molecule has 18 heavy (non-hydrogen) atoms. The summed E-state index contributed by atoms with van der Waals surface area (Å²) in [6, 6.07) is 8.88. The van der Waals surface area contributed by atoms with E-state index in [-0.39, 0.29) is 0 Å². The van der Waals surface area contributed by atoms with Crippen molar-refractivity contribution in [3.63, 3.8) is 0 Å². The topological polar surface area (TPSA) is 21.3 Å². The van der Waals surface area contributed by atoms with Crippen LogP contribution in [0.4, 0.5) is 0 Å². The fraction of sp³-hybridized carbons (Fsp3) is 0.625. The highest BCUT2D eigenvalue weighted by atomic mass is 16.5. The zero-order chi connectivity index (χ0) is 13.2. The first-order chi connectivity index (χ1) is 8.76. The SMILES string of the molecule is CCNCC(CCOCC)Cc1ccc(C)cc1. The molecule has 1 aromatic carbocycles. The molecular formula is C16H27NO. The van der Waals surface area contributed by atoms with Crippen LogP contribution in [0.5, 0.6) is 0 Å². The fourth-order valence-corrected chi connectivity index (χ4v) is 2.08. The summed E-state index contributed by atoms with van der Waals surface area (Å²) in [6.07, 6.45) is 2.27. The molecular weight excluding hydrogens is 222 g/mol. The van der Waals surface area contributed by atoms with Crippen molar-refractivity contribution >= 4 is 0 Å². The van der Waals surface area contributed by atoms with Crippen molar-refractivity contribution in [1.29, 1.82) is 0 Å². The lowest BCUT2D eigenvalue weighted by Crippen LogP contribution is -2.25. The molecule has 0 spiro atoms. The van der Waals surface area contributed by atoms with Gasteiger partial charge >= 0.3 is 0 Å². The van der Waals surface area contributed by atoms with Crippen LogP contribution in [0.1, 0.15) is 31.4 Å². The maximum atomic E-state index is 5.47. The van der Waals surface area contributed by atoms with E-state index in [1.807, 2.05) is 0 Å². The molecule has 1 aromatic rings. The van der Waals surface area contributed by atoms with E-state index in [1.165, 1.54) is 11.1 Å². The molecule has 0 aliphatic rings. The van der Waals surface area contributed by atoms with Gasteiger partial charge in [0, 0.05) is 13.2 Å². The van der Waals surface area contributed by atoms with Gasteiger partial charge in [-0.25, -0.2) is 0 Å². The van der Waals surface area contributed by atoms with Crippen LogP contribution < -0.4 is 5.32 Å². The molecule has 0 heterocycles. The smallest absolute Gasteiger partial charge is 0.0469 e. The molecule has 0 aromatic heterocycles. The minimum Gasteiger partial charge on any atom is -0.382 e. The second-order valence-corrected chi connectivity index (χ2v) is 4.85. The number of nitrogens with one attached hydrogen (secondary N) is 1. The summed E-state index contributed by atoms with van der Waals surface area (Å²) in [5.41, 5.74) is 2.76. The molecule has 2 nitrogen and oxygen atoms in total. The number of rotatable bonds is 9. The molecule has 0 fully saturated rings. The quantitative estimate of drug-likeness (QED) is 0.679. The van der Waals surface area contributed by atoms with Gasteiger partial charge in [-0.2, -0.15) is 0 Å². The lowest BCUT2D eigenvalue weighted by atomic mass is 9.96. The Kier molecular flexibility index (Phi) is 7.70. The summed E-state index contributed by atoms with van der Waals surface area (Å²) in [5.74, 6) is 0.666. The van der Waals surface area contributed by atoms with Gasteiger partial charge in [-0.15, -0.1) is 0 Å². The van der Waals surface area contributed by atoms with Crippen molar-refractivity contribution in [1.82, 2.24) is 5.32 Å². The molecule has 102 valence electrons. The number of hydrogen-bond donors (Lipinski definition) is 1. The van der Waals surface area contributed by atoms with Crippen molar-refractivity contribution in [2.24, 2.45) is 5.92 Å². The van der Waals surface area contributed by atoms with Gasteiger partial charge in [0.1, 0.15) is 0 Å². The number of hydrogen-bond acceptors (Lipinski definition) is 2. The van der Waals surface area contributed by atoms with Crippen LogP contribution in [0.25, 0.3) is 0 Å². The maximum Gasteiger partial charge on any atom is 0.0469 e. The molecule has 0 aliphatic carbocycles. The Balaban J connectivity index is 2.45. The van der Waals surface area contributed by atoms with Crippen LogP contribution in [0.15, 0.2) is 24.3 Å². The van der Waals surface area contributed by atoms with Gasteiger partial charge < -0.3 is 10.1 Å². The second-order valence-electron chi connectivity index (χ2n) is 4.85. The molecule has 0 saturated carbocycles. The van der Waals surface area contributed by atoms with E-state index in [0.717, 1.165) is 39.1 Å². The minimum absolute atomic E-state index is 0.666. The van der Waals surface area contributed by atoms with Gasteiger partial charge in [0.15, 0.2) is 0 Å². The van der Waals surface area contributed by atoms with E-state index in [0.29, 0.717) is 5.92 Å². The van der Waals surface area contributed by atoms with Crippen LogP contribution >= 0.6 is 0 Å². The highest BCUT2D eigenvalue weighted by Crippen LogP contribution is 2.13. The predicted molar refractivity (Wildman–Crippen MR) is 78.0 cm³/mol. The molecule has 1 rings (SSSR count). The van der Waals surface area contributed by atoms with Crippen molar-refractivity contribution in [2.45, 2.75) is 33.6 Å². The molecule has 2 heteroatoms.